The van der Waals surface area contributed by atoms with Gasteiger partial charge in [0, 0.05) is 17.9 Å². The molecule has 1 fully saturated rings. The van der Waals surface area contributed by atoms with Gasteiger partial charge in [0.15, 0.2) is 0 Å². The van der Waals surface area contributed by atoms with Gasteiger partial charge in [-0.1, -0.05) is 27.3 Å². The molecule has 2 rings (SSSR count). The molecule has 0 saturated carbocycles. The van der Waals surface area contributed by atoms with Gasteiger partial charge in [0.2, 0.25) is 5.13 Å². The molecule has 1 aliphatic heterocycles. The summed E-state index contributed by atoms with van der Waals surface area (Å²) in [7, 11) is 0. The monoisotopic (exact) mass is 233 g/mol. The van der Waals surface area contributed by atoms with Crippen LogP contribution in [0.3, 0.4) is 0 Å². The van der Waals surface area contributed by atoms with Gasteiger partial charge < -0.3 is 4.90 Å². The van der Waals surface area contributed by atoms with Crippen molar-refractivity contribution < 1.29 is 0 Å². The van der Waals surface area contributed by atoms with Crippen molar-refractivity contribution in [3.8, 4) is 0 Å². The van der Waals surface area contributed by atoms with Crippen molar-refractivity contribution in [1.82, 2.24) is 10.2 Å². The normalized spacial score (nSPS) is 24.5. The van der Waals surface area contributed by atoms with E-state index in [1.807, 2.05) is 0 Å². The fraction of sp³-hybridized carbons (Fsp3) is 0.667. The molecule has 1 aromatic heterocycles. The third-order valence-electron chi connectivity index (χ3n) is 1.75. The van der Waals surface area contributed by atoms with Crippen LogP contribution in [0.1, 0.15) is 6.42 Å². The second kappa shape index (κ2) is 3.06. The van der Waals surface area contributed by atoms with Crippen molar-refractivity contribution >= 4 is 32.4 Å². The van der Waals surface area contributed by atoms with Crippen molar-refractivity contribution in [2.24, 2.45) is 0 Å². The molecular weight excluding hydrogens is 226 g/mol. The Morgan fingerprint density at radius 3 is 3.18 bits per heavy atom. The fourth-order valence-electron chi connectivity index (χ4n) is 1.20. The Morgan fingerprint density at radius 1 is 1.73 bits per heavy atom. The second-order valence-corrected chi connectivity index (χ2v) is 4.66. The molecular formula is C6H8BrN3S. The number of alkyl halides is 1. The van der Waals surface area contributed by atoms with Crippen molar-refractivity contribution in [3.05, 3.63) is 5.51 Å². The smallest absolute Gasteiger partial charge is 0.208 e. The van der Waals surface area contributed by atoms with Gasteiger partial charge >= 0.3 is 0 Å². The minimum atomic E-state index is 0.631. The highest BCUT2D eigenvalue weighted by Gasteiger charge is 2.21. The SMILES string of the molecule is BrC1CCN(c2nncs2)C1. The van der Waals surface area contributed by atoms with Gasteiger partial charge in [-0.2, -0.15) is 0 Å². The van der Waals surface area contributed by atoms with Crippen molar-refractivity contribution in [3.63, 3.8) is 0 Å². The molecule has 2 heterocycles. The molecule has 0 amide bonds. The number of halogens is 1. The van der Waals surface area contributed by atoms with Crippen LogP contribution in [0.5, 0.6) is 0 Å². The van der Waals surface area contributed by atoms with Gasteiger partial charge in [-0.25, -0.2) is 0 Å². The topological polar surface area (TPSA) is 29.0 Å². The average Bonchev–Trinajstić information content (AvgIpc) is 2.55. The summed E-state index contributed by atoms with van der Waals surface area (Å²) in [6, 6.07) is 0. The molecule has 0 N–H and O–H groups in total. The van der Waals surface area contributed by atoms with Crippen LogP contribution in [-0.4, -0.2) is 28.1 Å². The molecule has 11 heavy (non-hydrogen) atoms. The van der Waals surface area contributed by atoms with Gasteiger partial charge in [-0.3, -0.25) is 0 Å². The molecule has 0 aromatic carbocycles. The highest BCUT2D eigenvalue weighted by molar-refractivity contribution is 9.09. The molecule has 1 atom stereocenters. The zero-order chi connectivity index (χ0) is 7.68. The minimum Gasteiger partial charge on any atom is -0.346 e. The Hall–Kier alpha value is -0.160. The maximum atomic E-state index is 4.01. The Morgan fingerprint density at radius 2 is 2.64 bits per heavy atom. The molecule has 5 heteroatoms. The minimum absolute atomic E-state index is 0.631. The van der Waals surface area contributed by atoms with E-state index in [0.29, 0.717) is 4.83 Å². The van der Waals surface area contributed by atoms with E-state index in [4.69, 9.17) is 0 Å². The molecule has 60 valence electrons. The van der Waals surface area contributed by atoms with E-state index in [2.05, 4.69) is 31.0 Å². The fourth-order valence-corrected chi connectivity index (χ4v) is 2.35. The highest BCUT2D eigenvalue weighted by atomic mass is 79.9. The lowest BCUT2D eigenvalue weighted by molar-refractivity contribution is 0.929. The van der Waals surface area contributed by atoms with Crippen LogP contribution in [0.15, 0.2) is 5.51 Å². The van der Waals surface area contributed by atoms with Crippen LogP contribution in [0, 0.1) is 0 Å². The van der Waals surface area contributed by atoms with Crippen molar-refractivity contribution in [1.29, 1.82) is 0 Å². The van der Waals surface area contributed by atoms with E-state index < -0.39 is 0 Å². The lowest BCUT2D eigenvalue weighted by Gasteiger charge is -2.11. The first kappa shape index (κ1) is 7.49. The number of anilines is 1. The molecule has 1 aliphatic rings. The summed E-state index contributed by atoms with van der Waals surface area (Å²) < 4.78 is 0. The van der Waals surface area contributed by atoms with Gasteiger partial charge in [-0.05, 0) is 6.42 Å². The highest BCUT2D eigenvalue weighted by Crippen LogP contribution is 2.24. The number of hydrogen-bond acceptors (Lipinski definition) is 4. The molecule has 0 radical (unpaired) electrons. The first-order valence-electron chi connectivity index (χ1n) is 3.51. The van der Waals surface area contributed by atoms with E-state index in [0.717, 1.165) is 18.2 Å². The number of rotatable bonds is 1. The van der Waals surface area contributed by atoms with E-state index >= 15 is 0 Å². The zero-order valence-electron chi connectivity index (χ0n) is 5.90. The van der Waals surface area contributed by atoms with Crippen LogP contribution in [0.2, 0.25) is 0 Å². The van der Waals surface area contributed by atoms with Gasteiger partial charge in [0.25, 0.3) is 0 Å². The largest absolute Gasteiger partial charge is 0.346 e. The predicted molar refractivity (Wildman–Crippen MR) is 49.5 cm³/mol. The summed E-state index contributed by atoms with van der Waals surface area (Å²) >= 11 is 5.18. The van der Waals surface area contributed by atoms with E-state index in [1.54, 1.807) is 16.8 Å². The lowest BCUT2D eigenvalue weighted by atomic mass is 10.4. The quantitative estimate of drug-likeness (QED) is 0.690. The second-order valence-electron chi connectivity index (χ2n) is 2.55. The zero-order valence-corrected chi connectivity index (χ0v) is 8.31. The summed E-state index contributed by atoms with van der Waals surface area (Å²) in [5.41, 5.74) is 1.77. The summed E-state index contributed by atoms with van der Waals surface area (Å²) in [5, 5.41) is 8.86. The van der Waals surface area contributed by atoms with Gasteiger partial charge in [-0.15, -0.1) is 10.2 Å². The molecule has 1 aromatic rings. The summed E-state index contributed by atoms with van der Waals surface area (Å²) in [6.07, 6.45) is 1.21. The van der Waals surface area contributed by atoms with Gasteiger partial charge in [0.05, 0.1) is 0 Å². The van der Waals surface area contributed by atoms with Crippen LogP contribution < -0.4 is 4.90 Å². The summed E-state index contributed by atoms with van der Waals surface area (Å²) in [4.78, 5) is 2.89. The van der Waals surface area contributed by atoms with E-state index in [9.17, 15) is 0 Å². The third kappa shape index (κ3) is 1.54. The summed E-state index contributed by atoms with van der Waals surface area (Å²) in [6.45, 7) is 2.17. The van der Waals surface area contributed by atoms with Crippen LogP contribution in [-0.2, 0) is 0 Å². The number of aromatic nitrogens is 2. The maximum Gasteiger partial charge on any atom is 0.208 e. The lowest BCUT2D eigenvalue weighted by Crippen LogP contribution is -2.19. The van der Waals surface area contributed by atoms with Crippen LogP contribution in [0.4, 0.5) is 5.13 Å². The maximum absolute atomic E-state index is 4.01. The third-order valence-corrected chi connectivity index (χ3v) is 3.25. The summed E-state index contributed by atoms with van der Waals surface area (Å²) in [5.74, 6) is 0. The standard InChI is InChI=1S/C6H8BrN3S/c7-5-1-2-10(3-5)6-9-8-4-11-6/h4-5H,1-3H2. The Labute approximate surface area is 77.6 Å². The van der Waals surface area contributed by atoms with Crippen LogP contribution >= 0.6 is 27.3 Å². The van der Waals surface area contributed by atoms with Crippen LogP contribution in [0.25, 0.3) is 0 Å². The Kier molecular flexibility index (Phi) is 2.09. The first-order chi connectivity index (χ1) is 5.36. The first-order valence-corrected chi connectivity index (χ1v) is 5.31. The molecule has 0 spiro atoms. The molecule has 0 bridgehead atoms. The Bertz CT molecular complexity index is 226. The average molecular weight is 234 g/mol. The molecule has 1 unspecified atom stereocenters. The molecule has 3 nitrogen and oxygen atoms in total. The van der Waals surface area contributed by atoms with E-state index in [-0.39, 0.29) is 0 Å². The van der Waals surface area contributed by atoms with Crippen molar-refractivity contribution in [2.45, 2.75) is 11.2 Å². The predicted octanol–water partition coefficient (Wildman–Crippen LogP) is 1.51. The molecule has 1 saturated heterocycles. The number of hydrogen-bond donors (Lipinski definition) is 0. The Balaban J connectivity index is 2.08. The number of nitrogens with zero attached hydrogens (tertiary/aromatic N) is 3. The van der Waals surface area contributed by atoms with Gasteiger partial charge in [0.1, 0.15) is 5.51 Å². The van der Waals surface area contributed by atoms with E-state index in [1.165, 1.54) is 6.42 Å². The van der Waals surface area contributed by atoms with Crippen molar-refractivity contribution in [2.75, 3.05) is 18.0 Å². The molecule has 0 aliphatic carbocycles.